The van der Waals surface area contributed by atoms with Crippen LogP contribution in [0.1, 0.15) is 45.1 Å². The number of benzene rings is 2. The molecule has 0 N–H and O–H groups in total. The summed E-state index contributed by atoms with van der Waals surface area (Å²) in [5.74, 6) is 0.362. The van der Waals surface area contributed by atoms with E-state index in [2.05, 4.69) is 6.07 Å². The van der Waals surface area contributed by atoms with Gasteiger partial charge in [0.2, 0.25) is 0 Å². The maximum absolute atomic E-state index is 13.2. The van der Waals surface area contributed by atoms with Gasteiger partial charge in [-0.1, -0.05) is 29.8 Å². The molecule has 0 radical (unpaired) electrons. The molecular formula is C27H22ClN3O2. The Labute approximate surface area is 197 Å². The Morgan fingerprint density at radius 3 is 2.45 bits per heavy atom. The van der Waals surface area contributed by atoms with Gasteiger partial charge in [-0.15, -0.1) is 0 Å². The Morgan fingerprint density at radius 2 is 1.73 bits per heavy atom. The Kier molecular flexibility index (Phi) is 5.62. The van der Waals surface area contributed by atoms with Crippen LogP contribution in [-0.4, -0.2) is 28.5 Å². The number of aromatic nitrogens is 1. The summed E-state index contributed by atoms with van der Waals surface area (Å²) >= 11 is 5.94. The first-order valence-corrected chi connectivity index (χ1v) is 11.4. The molecule has 3 aromatic rings. The zero-order valence-corrected chi connectivity index (χ0v) is 18.7. The summed E-state index contributed by atoms with van der Waals surface area (Å²) in [7, 11) is 0. The van der Waals surface area contributed by atoms with E-state index in [0.717, 1.165) is 17.7 Å². The summed E-state index contributed by atoms with van der Waals surface area (Å²) in [6.07, 6.45) is 4.75. The second kappa shape index (κ2) is 8.73. The summed E-state index contributed by atoms with van der Waals surface area (Å²) in [5.41, 5.74) is 3.77. The van der Waals surface area contributed by atoms with Crippen LogP contribution in [0.4, 0.5) is 0 Å². The monoisotopic (exact) mass is 455 g/mol. The summed E-state index contributed by atoms with van der Waals surface area (Å²) < 4.78 is 1.89. The summed E-state index contributed by atoms with van der Waals surface area (Å²) in [6, 6.07) is 20.2. The molecule has 2 aliphatic heterocycles. The topological polar surface area (TPSA) is 66.1 Å². The van der Waals surface area contributed by atoms with Gasteiger partial charge >= 0.3 is 0 Å². The third-order valence-electron chi connectivity index (χ3n) is 6.51. The average Bonchev–Trinajstić information content (AvgIpc) is 2.84. The van der Waals surface area contributed by atoms with Crippen molar-refractivity contribution in [2.45, 2.75) is 18.9 Å². The van der Waals surface area contributed by atoms with E-state index in [1.807, 2.05) is 58.0 Å². The minimum atomic E-state index is -0.0208. The number of hydrogen-bond donors (Lipinski definition) is 0. The van der Waals surface area contributed by atoms with Crippen LogP contribution in [0.2, 0.25) is 5.02 Å². The molecule has 6 heteroatoms. The normalized spacial score (nSPS) is 19.2. The van der Waals surface area contributed by atoms with Gasteiger partial charge in [0.05, 0.1) is 11.6 Å². The zero-order chi connectivity index (χ0) is 22.9. The van der Waals surface area contributed by atoms with Crippen LogP contribution < -0.4 is 5.56 Å². The largest absolute Gasteiger partial charge is 0.338 e. The highest BCUT2D eigenvalue weighted by molar-refractivity contribution is 6.30. The van der Waals surface area contributed by atoms with Crippen molar-refractivity contribution in [3.63, 3.8) is 0 Å². The van der Waals surface area contributed by atoms with Crippen molar-refractivity contribution in [2.75, 3.05) is 13.1 Å². The highest BCUT2D eigenvalue weighted by Gasteiger charge is 2.36. The molecule has 5 rings (SSSR count). The molecule has 164 valence electrons. The number of amides is 1. The fraction of sp³-hybridized carbons (Fsp3) is 0.222. The second-order valence-corrected chi connectivity index (χ2v) is 9.15. The standard InChI is InChI=1S/C27H22ClN3O2/c28-24-10-4-18(5-11-24)1-6-22-9-12-25-23-13-20(16-31(25)27(22)33)15-30(17-23)26(32)21-7-2-19(14-29)3-8-21/h1-12,20,23H,13,15-17H2/t20-,23-/m1/s1. The number of fused-ring (bicyclic) bond motifs is 4. The van der Waals surface area contributed by atoms with Crippen molar-refractivity contribution in [1.82, 2.24) is 9.47 Å². The molecule has 2 aromatic carbocycles. The highest BCUT2D eigenvalue weighted by atomic mass is 35.5. The Balaban J connectivity index is 1.37. The van der Waals surface area contributed by atoms with E-state index in [9.17, 15) is 9.59 Å². The van der Waals surface area contributed by atoms with Crippen LogP contribution in [0.5, 0.6) is 0 Å². The molecule has 0 unspecified atom stereocenters. The van der Waals surface area contributed by atoms with E-state index in [1.54, 1.807) is 24.3 Å². The Hall–Kier alpha value is -3.62. The lowest BCUT2D eigenvalue weighted by Crippen LogP contribution is -2.49. The van der Waals surface area contributed by atoms with Crippen molar-refractivity contribution in [3.8, 4) is 6.07 Å². The molecule has 0 saturated carbocycles. The molecule has 0 spiro atoms. The van der Waals surface area contributed by atoms with Crippen molar-refractivity contribution in [3.05, 3.63) is 104 Å². The minimum absolute atomic E-state index is 0.0132. The molecule has 33 heavy (non-hydrogen) atoms. The fourth-order valence-electron chi connectivity index (χ4n) is 4.89. The molecule has 2 atom stereocenters. The van der Waals surface area contributed by atoms with Crippen molar-refractivity contribution in [2.24, 2.45) is 5.92 Å². The molecule has 2 aliphatic rings. The van der Waals surface area contributed by atoms with Gasteiger partial charge in [-0.05, 0) is 72.5 Å². The molecule has 2 bridgehead atoms. The van der Waals surface area contributed by atoms with Crippen LogP contribution in [0.15, 0.2) is 65.5 Å². The van der Waals surface area contributed by atoms with E-state index in [4.69, 9.17) is 16.9 Å². The zero-order valence-electron chi connectivity index (χ0n) is 17.9. The molecular weight excluding hydrogens is 434 g/mol. The second-order valence-electron chi connectivity index (χ2n) is 8.71. The third-order valence-corrected chi connectivity index (χ3v) is 6.76. The van der Waals surface area contributed by atoms with Crippen LogP contribution in [0.3, 0.4) is 0 Å². The Bertz CT molecular complexity index is 1330. The number of likely N-dealkylation sites (tertiary alicyclic amines) is 1. The predicted molar refractivity (Wildman–Crippen MR) is 129 cm³/mol. The highest BCUT2D eigenvalue weighted by Crippen LogP contribution is 2.35. The molecule has 5 nitrogen and oxygen atoms in total. The van der Waals surface area contributed by atoms with E-state index < -0.39 is 0 Å². The van der Waals surface area contributed by atoms with Gasteiger partial charge < -0.3 is 9.47 Å². The van der Waals surface area contributed by atoms with Gasteiger partial charge in [-0.3, -0.25) is 9.59 Å². The predicted octanol–water partition coefficient (Wildman–Crippen LogP) is 4.80. The maximum atomic E-state index is 13.2. The molecule has 1 fully saturated rings. The number of nitriles is 1. The number of hydrogen-bond acceptors (Lipinski definition) is 3. The average molecular weight is 456 g/mol. The first-order valence-electron chi connectivity index (χ1n) is 11.0. The lowest BCUT2D eigenvalue weighted by molar-refractivity contribution is 0.0594. The first-order chi connectivity index (χ1) is 16.0. The summed E-state index contributed by atoms with van der Waals surface area (Å²) in [6.45, 7) is 1.84. The van der Waals surface area contributed by atoms with Crippen LogP contribution in [-0.2, 0) is 6.54 Å². The summed E-state index contributed by atoms with van der Waals surface area (Å²) in [4.78, 5) is 28.2. The van der Waals surface area contributed by atoms with Gasteiger partial charge in [0.1, 0.15) is 0 Å². The number of halogens is 1. The molecule has 3 heterocycles. The maximum Gasteiger partial charge on any atom is 0.258 e. The first kappa shape index (κ1) is 21.2. The smallest absolute Gasteiger partial charge is 0.258 e. The van der Waals surface area contributed by atoms with Gasteiger partial charge in [0.15, 0.2) is 0 Å². The lowest BCUT2D eigenvalue weighted by Gasteiger charge is -2.43. The fourth-order valence-corrected chi connectivity index (χ4v) is 5.01. The third kappa shape index (κ3) is 4.22. The van der Waals surface area contributed by atoms with Crippen LogP contribution in [0.25, 0.3) is 12.2 Å². The number of nitrogens with zero attached hydrogens (tertiary/aromatic N) is 3. The minimum Gasteiger partial charge on any atom is -0.338 e. The quantitative estimate of drug-likeness (QED) is 0.569. The van der Waals surface area contributed by atoms with Crippen molar-refractivity contribution >= 4 is 29.7 Å². The van der Waals surface area contributed by atoms with E-state index in [1.165, 1.54) is 0 Å². The van der Waals surface area contributed by atoms with E-state index >= 15 is 0 Å². The number of piperidine rings is 1. The van der Waals surface area contributed by atoms with Crippen molar-refractivity contribution in [1.29, 1.82) is 5.26 Å². The van der Waals surface area contributed by atoms with Gasteiger partial charge in [0, 0.05) is 47.4 Å². The van der Waals surface area contributed by atoms with Gasteiger partial charge in [-0.25, -0.2) is 0 Å². The number of rotatable bonds is 3. The lowest BCUT2D eigenvalue weighted by atomic mass is 9.82. The van der Waals surface area contributed by atoms with Gasteiger partial charge in [-0.2, -0.15) is 5.26 Å². The van der Waals surface area contributed by atoms with Gasteiger partial charge in [0.25, 0.3) is 11.5 Å². The molecule has 1 aromatic heterocycles. The van der Waals surface area contributed by atoms with Crippen molar-refractivity contribution < 1.29 is 4.79 Å². The number of carbonyl (C=O) groups excluding carboxylic acids is 1. The van der Waals surface area contributed by atoms with E-state index in [-0.39, 0.29) is 23.3 Å². The molecule has 1 amide bonds. The van der Waals surface area contributed by atoms with E-state index in [0.29, 0.717) is 41.3 Å². The molecule has 1 saturated heterocycles. The van der Waals surface area contributed by atoms with Crippen LogP contribution >= 0.6 is 11.6 Å². The SMILES string of the molecule is N#Cc1ccc(C(=O)N2C[C@H]3C[C@H](C2)c2ccc(C=Cc4ccc(Cl)cc4)c(=O)n2C3)cc1. The summed E-state index contributed by atoms with van der Waals surface area (Å²) in [5, 5.41) is 9.66. The number of carbonyl (C=O) groups is 1. The molecule has 0 aliphatic carbocycles. The number of pyridine rings is 1. The Morgan fingerprint density at radius 1 is 0.970 bits per heavy atom. The van der Waals surface area contributed by atoms with Crippen LogP contribution in [0, 0.1) is 17.2 Å².